The first-order chi connectivity index (χ1) is 12.2. The SMILES string of the molecule is COc1cc(CCNC(=O)CC2CC2)ccc1OCc1ccccc1. The molecule has 0 bridgehead atoms. The molecule has 0 spiro atoms. The Morgan fingerprint density at radius 3 is 2.60 bits per heavy atom. The van der Waals surface area contributed by atoms with Crippen molar-refractivity contribution in [1.82, 2.24) is 5.32 Å². The van der Waals surface area contributed by atoms with Gasteiger partial charge in [0, 0.05) is 13.0 Å². The van der Waals surface area contributed by atoms with Crippen LogP contribution in [0.15, 0.2) is 48.5 Å². The second kappa shape index (κ2) is 8.56. The molecule has 2 aromatic rings. The summed E-state index contributed by atoms with van der Waals surface area (Å²) < 4.78 is 11.3. The molecule has 3 rings (SSSR count). The van der Waals surface area contributed by atoms with Crippen LogP contribution < -0.4 is 14.8 Å². The molecule has 1 amide bonds. The van der Waals surface area contributed by atoms with Crippen LogP contribution >= 0.6 is 0 Å². The number of amides is 1. The Balaban J connectivity index is 1.50. The molecule has 25 heavy (non-hydrogen) atoms. The number of ether oxygens (including phenoxy) is 2. The summed E-state index contributed by atoms with van der Waals surface area (Å²) in [6, 6.07) is 16.0. The largest absolute Gasteiger partial charge is 0.493 e. The number of hydrogen-bond donors (Lipinski definition) is 1. The van der Waals surface area contributed by atoms with Gasteiger partial charge in [-0.25, -0.2) is 0 Å². The minimum Gasteiger partial charge on any atom is -0.493 e. The fraction of sp³-hybridized carbons (Fsp3) is 0.381. The summed E-state index contributed by atoms with van der Waals surface area (Å²) in [6.45, 7) is 1.16. The molecule has 0 radical (unpaired) electrons. The quantitative estimate of drug-likeness (QED) is 0.757. The third-order valence-corrected chi connectivity index (χ3v) is 4.37. The number of carbonyl (C=O) groups excluding carboxylic acids is 1. The average molecular weight is 339 g/mol. The van der Waals surface area contributed by atoms with E-state index in [1.807, 2.05) is 48.5 Å². The van der Waals surface area contributed by atoms with Crippen molar-refractivity contribution in [1.29, 1.82) is 0 Å². The van der Waals surface area contributed by atoms with Crippen LogP contribution in [0.25, 0.3) is 0 Å². The van der Waals surface area contributed by atoms with E-state index in [2.05, 4.69) is 5.32 Å². The Kier molecular flexibility index (Phi) is 5.94. The Hall–Kier alpha value is -2.49. The van der Waals surface area contributed by atoms with Crippen molar-refractivity contribution < 1.29 is 14.3 Å². The minimum atomic E-state index is 0.164. The number of nitrogens with one attached hydrogen (secondary N) is 1. The van der Waals surface area contributed by atoms with Crippen molar-refractivity contribution in [3.8, 4) is 11.5 Å². The van der Waals surface area contributed by atoms with Gasteiger partial charge in [0.1, 0.15) is 6.61 Å². The Bertz CT molecular complexity index is 696. The average Bonchev–Trinajstić information content (AvgIpc) is 3.45. The standard InChI is InChI=1S/C21H25NO3/c1-24-20-13-17(11-12-22-21(23)14-16-7-8-16)9-10-19(20)25-15-18-5-3-2-4-6-18/h2-6,9-10,13,16H,7-8,11-12,14-15H2,1H3,(H,22,23). The van der Waals surface area contributed by atoms with E-state index in [4.69, 9.17) is 9.47 Å². The highest BCUT2D eigenvalue weighted by Crippen LogP contribution is 2.32. The van der Waals surface area contributed by atoms with Crippen molar-refractivity contribution in [2.75, 3.05) is 13.7 Å². The first kappa shape index (κ1) is 17.3. The third-order valence-electron chi connectivity index (χ3n) is 4.37. The van der Waals surface area contributed by atoms with E-state index in [1.165, 1.54) is 12.8 Å². The fourth-order valence-electron chi connectivity index (χ4n) is 2.72. The van der Waals surface area contributed by atoms with Gasteiger partial charge in [-0.3, -0.25) is 4.79 Å². The van der Waals surface area contributed by atoms with E-state index in [0.717, 1.165) is 29.0 Å². The summed E-state index contributed by atoms with van der Waals surface area (Å²) in [7, 11) is 1.64. The van der Waals surface area contributed by atoms with Crippen LogP contribution in [0.4, 0.5) is 0 Å². The molecule has 4 nitrogen and oxygen atoms in total. The first-order valence-electron chi connectivity index (χ1n) is 8.85. The van der Waals surface area contributed by atoms with Gasteiger partial charge in [0.05, 0.1) is 7.11 Å². The van der Waals surface area contributed by atoms with E-state index in [-0.39, 0.29) is 5.91 Å². The summed E-state index contributed by atoms with van der Waals surface area (Å²) in [5.41, 5.74) is 2.24. The minimum absolute atomic E-state index is 0.164. The molecule has 2 aromatic carbocycles. The van der Waals surface area contributed by atoms with E-state index < -0.39 is 0 Å². The van der Waals surface area contributed by atoms with E-state index >= 15 is 0 Å². The molecule has 1 aliphatic rings. The lowest BCUT2D eigenvalue weighted by molar-refractivity contribution is -0.121. The number of hydrogen-bond acceptors (Lipinski definition) is 3. The second-order valence-corrected chi connectivity index (χ2v) is 6.51. The van der Waals surface area contributed by atoms with Crippen molar-refractivity contribution in [3.05, 3.63) is 59.7 Å². The zero-order valence-corrected chi connectivity index (χ0v) is 14.7. The highest BCUT2D eigenvalue weighted by atomic mass is 16.5. The monoisotopic (exact) mass is 339 g/mol. The van der Waals surface area contributed by atoms with Crippen LogP contribution in [0.5, 0.6) is 11.5 Å². The Morgan fingerprint density at radius 2 is 1.88 bits per heavy atom. The maximum Gasteiger partial charge on any atom is 0.220 e. The number of methoxy groups -OCH3 is 1. The molecule has 0 heterocycles. The van der Waals surface area contributed by atoms with Crippen LogP contribution in [-0.4, -0.2) is 19.6 Å². The van der Waals surface area contributed by atoms with Crippen molar-refractivity contribution in [2.45, 2.75) is 32.3 Å². The molecular weight excluding hydrogens is 314 g/mol. The first-order valence-corrected chi connectivity index (χ1v) is 8.85. The molecule has 0 saturated heterocycles. The molecule has 1 aliphatic carbocycles. The van der Waals surface area contributed by atoms with E-state index in [9.17, 15) is 4.79 Å². The molecule has 1 fully saturated rings. The van der Waals surface area contributed by atoms with E-state index in [0.29, 0.717) is 25.5 Å². The number of carbonyl (C=O) groups is 1. The summed E-state index contributed by atoms with van der Waals surface area (Å²) in [6.07, 6.45) is 3.87. The van der Waals surface area contributed by atoms with Gasteiger partial charge < -0.3 is 14.8 Å². The normalized spacial score (nSPS) is 13.3. The smallest absolute Gasteiger partial charge is 0.220 e. The van der Waals surface area contributed by atoms with Gasteiger partial charge in [-0.15, -0.1) is 0 Å². The van der Waals surface area contributed by atoms with Crippen LogP contribution in [-0.2, 0) is 17.8 Å². The molecule has 132 valence electrons. The van der Waals surface area contributed by atoms with Gasteiger partial charge in [0.25, 0.3) is 0 Å². The molecular formula is C21H25NO3. The Labute approximate surface area is 149 Å². The lowest BCUT2D eigenvalue weighted by atomic mass is 10.1. The van der Waals surface area contributed by atoms with Crippen LogP contribution in [0.2, 0.25) is 0 Å². The maximum atomic E-state index is 11.7. The van der Waals surface area contributed by atoms with E-state index in [1.54, 1.807) is 7.11 Å². The maximum absolute atomic E-state index is 11.7. The number of benzene rings is 2. The third kappa shape index (κ3) is 5.52. The van der Waals surface area contributed by atoms with Crippen LogP contribution in [0, 0.1) is 5.92 Å². The van der Waals surface area contributed by atoms with Crippen molar-refractivity contribution in [2.24, 2.45) is 5.92 Å². The molecule has 1 N–H and O–H groups in total. The highest BCUT2D eigenvalue weighted by Gasteiger charge is 2.23. The van der Waals surface area contributed by atoms with Gasteiger partial charge in [-0.2, -0.15) is 0 Å². The van der Waals surface area contributed by atoms with Crippen LogP contribution in [0.3, 0.4) is 0 Å². The molecule has 0 aromatic heterocycles. The lowest BCUT2D eigenvalue weighted by Gasteiger charge is -2.12. The van der Waals surface area contributed by atoms with Crippen molar-refractivity contribution in [3.63, 3.8) is 0 Å². The van der Waals surface area contributed by atoms with Gasteiger partial charge in [-0.05, 0) is 48.4 Å². The van der Waals surface area contributed by atoms with Crippen molar-refractivity contribution >= 4 is 5.91 Å². The molecule has 0 atom stereocenters. The molecule has 4 heteroatoms. The zero-order valence-electron chi connectivity index (χ0n) is 14.7. The zero-order chi connectivity index (χ0) is 17.5. The Morgan fingerprint density at radius 1 is 1.08 bits per heavy atom. The summed E-state index contributed by atoms with van der Waals surface area (Å²) >= 11 is 0. The van der Waals surface area contributed by atoms with Gasteiger partial charge in [0.15, 0.2) is 11.5 Å². The highest BCUT2D eigenvalue weighted by molar-refractivity contribution is 5.76. The lowest BCUT2D eigenvalue weighted by Crippen LogP contribution is -2.25. The second-order valence-electron chi connectivity index (χ2n) is 6.51. The van der Waals surface area contributed by atoms with Gasteiger partial charge >= 0.3 is 0 Å². The number of rotatable bonds is 9. The molecule has 0 unspecified atom stereocenters. The predicted octanol–water partition coefficient (Wildman–Crippen LogP) is 3.73. The van der Waals surface area contributed by atoms with Gasteiger partial charge in [-0.1, -0.05) is 36.4 Å². The summed E-state index contributed by atoms with van der Waals surface area (Å²) in [5, 5.41) is 2.99. The summed E-state index contributed by atoms with van der Waals surface area (Å²) in [4.78, 5) is 11.7. The topological polar surface area (TPSA) is 47.6 Å². The molecule has 1 saturated carbocycles. The van der Waals surface area contributed by atoms with Crippen LogP contribution in [0.1, 0.15) is 30.4 Å². The fourth-order valence-corrected chi connectivity index (χ4v) is 2.72. The summed E-state index contributed by atoms with van der Waals surface area (Å²) in [5.74, 6) is 2.24. The predicted molar refractivity (Wildman–Crippen MR) is 97.8 cm³/mol. The molecule has 0 aliphatic heterocycles. The van der Waals surface area contributed by atoms with Gasteiger partial charge in [0.2, 0.25) is 5.91 Å².